The smallest absolute Gasteiger partial charge is 0.119 e. The fourth-order valence-electron chi connectivity index (χ4n) is 2.29. The number of benzene rings is 1. The summed E-state index contributed by atoms with van der Waals surface area (Å²) in [5.74, 6) is 1.04. The van der Waals surface area contributed by atoms with Crippen LogP contribution in [0, 0.1) is 0 Å². The van der Waals surface area contributed by atoms with E-state index in [1.54, 1.807) is 0 Å². The van der Waals surface area contributed by atoms with Crippen molar-refractivity contribution in [3.63, 3.8) is 0 Å². The number of rotatable bonds is 6. The van der Waals surface area contributed by atoms with E-state index >= 15 is 0 Å². The van der Waals surface area contributed by atoms with Gasteiger partial charge >= 0.3 is 0 Å². The number of aryl methyl sites for hydroxylation is 2. The maximum Gasteiger partial charge on any atom is 0.119 e. The number of hydrogen-bond donors (Lipinski definition) is 1. The minimum absolute atomic E-state index is 0.565. The van der Waals surface area contributed by atoms with Gasteiger partial charge in [-0.1, -0.05) is 19.9 Å². The van der Waals surface area contributed by atoms with Crippen LogP contribution in [0.5, 0.6) is 5.75 Å². The van der Waals surface area contributed by atoms with Crippen LogP contribution in [0.3, 0.4) is 0 Å². The Hall–Kier alpha value is -1.02. The molecule has 94 valence electrons. The summed E-state index contributed by atoms with van der Waals surface area (Å²) in [6.45, 7) is 6.17. The van der Waals surface area contributed by atoms with Crippen LogP contribution in [-0.2, 0) is 12.8 Å². The third-order valence-corrected chi connectivity index (χ3v) is 3.21. The molecular formula is C15H23NO. The van der Waals surface area contributed by atoms with Gasteiger partial charge in [-0.3, -0.25) is 0 Å². The molecule has 1 aliphatic carbocycles. The topological polar surface area (TPSA) is 21.3 Å². The molecule has 0 aliphatic heterocycles. The van der Waals surface area contributed by atoms with Crippen LogP contribution in [0.1, 0.15) is 37.8 Å². The lowest BCUT2D eigenvalue weighted by molar-refractivity contribution is 0.306. The SMILES string of the molecule is CC(C)NCCCOc1ccc2c(c1)CCC2. The minimum atomic E-state index is 0.565. The molecule has 0 amide bonds. The third-order valence-electron chi connectivity index (χ3n) is 3.21. The van der Waals surface area contributed by atoms with Crippen LogP contribution < -0.4 is 10.1 Å². The standard InChI is InChI=1S/C15H23NO/c1-12(2)16-9-4-10-17-15-8-7-13-5-3-6-14(13)11-15/h7-8,11-12,16H,3-6,9-10H2,1-2H3. The Morgan fingerprint density at radius 2 is 2.06 bits per heavy atom. The fourth-order valence-corrected chi connectivity index (χ4v) is 2.29. The Bertz CT molecular complexity index is 360. The second-order valence-electron chi connectivity index (χ2n) is 5.09. The van der Waals surface area contributed by atoms with Crippen LogP contribution in [0.2, 0.25) is 0 Å². The van der Waals surface area contributed by atoms with E-state index in [1.165, 1.54) is 30.4 Å². The summed E-state index contributed by atoms with van der Waals surface area (Å²) in [6.07, 6.45) is 4.84. The lowest BCUT2D eigenvalue weighted by Gasteiger charge is -2.10. The van der Waals surface area contributed by atoms with E-state index in [4.69, 9.17) is 4.74 Å². The van der Waals surface area contributed by atoms with Crippen LogP contribution in [0.25, 0.3) is 0 Å². The summed E-state index contributed by atoms with van der Waals surface area (Å²) in [5.41, 5.74) is 3.00. The molecule has 0 saturated heterocycles. The first-order valence-electron chi connectivity index (χ1n) is 6.73. The van der Waals surface area contributed by atoms with E-state index in [9.17, 15) is 0 Å². The van der Waals surface area contributed by atoms with Gasteiger partial charge in [-0.2, -0.15) is 0 Å². The van der Waals surface area contributed by atoms with Crippen molar-refractivity contribution in [3.05, 3.63) is 29.3 Å². The molecular weight excluding hydrogens is 210 g/mol. The van der Waals surface area contributed by atoms with E-state index < -0.39 is 0 Å². The van der Waals surface area contributed by atoms with Gasteiger partial charge in [0.05, 0.1) is 6.61 Å². The molecule has 2 rings (SSSR count). The maximum absolute atomic E-state index is 5.77. The first-order valence-corrected chi connectivity index (χ1v) is 6.73. The highest BCUT2D eigenvalue weighted by Gasteiger charge is 2.10. The molecule has 2 nitrogen and oxygen atoms in total. The lowest BCUT2D eigenvalue weighted by atomic mass is 10.1. The second-order valence-corrected chi connectivity index (χ2v) is 5.09. The van der Waals surface area contributed by atoms with Crippen molar-refractivity contribution in [3.8, 4) is 5.75 Å². The minimum Gasteiger partial charge on any atom is -0.494 e. The summed E-state index contributed by atoms with van der Waals surface area (Å²) >= 11 is 0. The summed E-state index contributed by atoms with van der Waals surface area (Å²) in [5, 5.41) is 3.39. The van der Waals surface area contributed by atoms with Gasteiger partial charge in [-0.25, -0.2) is 0 Å². The Labute approximate surface area is 104 Å². The Balaban J connectivity index is 1.72. The molecule has 1 N–H and O–H groups in total. The molecule has 0 heterocycles. The normalized spacial score (nSPS) is 14.1. The fraction of sp³-hybridized carbons (Fsp3) is 0.600. The van der Waals surface area contributed by atoms with Crippen LogP contribution in [0.4, 0.5) is 0 Å². The predicted octanol–water partition coefficient (Wildman–Crippen LogP) is 2.94. The molecule has 1 aromatic rings. The Kier molecular flexibility index (Phi) is 4.43. The molecule has 0 aromatic heterocycles. The average Bonchev–Trinajstić information content (AvgIpc) is 2.75. The molecule has 1 aliphatic rings. The molecule has 0 bridgehead atoms. The monoisotopic (exact) mass is 233 g/mol. The van der Waals surface area contributed by atoms with Crippen molar-refractivity contribution in [2.24, 2.45) is 0 Å². The molecule has 17 heavy (non-hydrogen) atoms. The van der Waals surface area contributed by atoms with Gasteiger partial charge in [0.1, 0.15) is 5.75 Å². The highest BCUT2D eigenvalue weighted by Crippen LogP contribution is 2.25. The number of nitrogens with one attached hydrogen (secondary N) is 1. The van der Waals surface area contributed by atoms with Gasteiger partial charge < -0.3 is 10.1 Å². The molecule has 0 saturated carbocycles. The summed E-state index contributed by atoms with van der Waals surface area (Å²) < 4.78 is 5.77. The van der Waals surface area contributed by atoms with Gasteiger partial charge in [0, 0.05) is 6.04 Å². The highest BCUT2D eigenvalue weighted by molar-refractivity contribution is 5.38. The maximum atomic E-state index is 5.77. The molecule has 0 atom stereocenters. The number of fused-ring (bicyclic) bond motifs is 1. The Morgan fingerprint density at radius 3 is 2.88 bits per heavy atom. The number of ether oxygens (including phenoxy) is 1. The van der Waals surface area contributed by atoms with Gasteiger partial charge in [-0.05, 0) is 55.5 Å². The van der Waals surface area contributed by atoms with E-state index in [0.717, 1.165) is 25.3 Å². The van der Waals surface area contributed by atoms with E-state index in [2.05, 4.69) is 37.4 Å². The van der Waals surface area contributed by atoms with Crippen LogP contribution in [0.15, 0.2) is 18.2 Å². The van der Waals surface area contributed by atoms with Crippen molar-refractivity contribution in [2.45, 2.75) is 45.6 Å². The molecule has 0 unspecified atom stereocenters. The average molecular weight is 233 g/mol. The van der Waals surface area contributed by atoms with Crippen molar-refractivity contribution in [1.29, 1.82) is 0 Å². The highest BCUT2D eigenvalue weighted by atomic mass is 16.5. The number of hydrogen-bond acceptors (Lipinski definition) is 2. The zero-order valence-electron chi connectivity index (χ0n) is 11.0. The van der Waals surface area contributed by atoms with Gasteiger partial charge in [-0.15, -0.1) is 0 Å². The quantitative estimate of drug-likeness (QED) is 0.763. The van der Waals surface area contributed by atoms with Crippen molar-refractivity contribution in [2.75, 3.05) is 13.2 Å². The van der Waals surface area contributed by atoms with Crippen molar-refractivity contribution in [1.82, 2.24) is 5.32 Å². The molecule has 2 heteroatoms. The zero-order chi connectivity index (χ0) is 12.1. The van der Waals surface area contributed by atoms with Crippen LogP contribution in [-0.4, -0.2) is 19.2 Å². The third kappa shape index (κ3) is 3.74. The zero-order valence-corrected chi connectivity index (χ0v) is 11.0. The van der Waals surface area contributed by atoms with E-state index in [-0.39, 0.29) is 0 Å². The summed E-state index contributed by atoms with van der Waals surface area (Å²) in [7, 11) is 0. The lowest BCUT2D eigenvalue weighted by Crippen LogP contribution is -2.24. The van der Waals surface area contributed by atoms with Gasteiger partial charge in [0.2, 0.25) is 0 Å². The van der Waals surface area contributed by atoms with E-state index in [0.29, 0.717) is 6.04 Å². The molecule has 0 spiro atoms. The van der Waals surface area contributed by atoms with Gasteiger partial charge in [0.25, 0.3) is 0 Å². The molecule has 1 aromatic carbocycles. The first kappa shape index (κ1) is 12.4. The summed E-state index contributed by atoms with van der Waals surface area (Å²) in [6, 6.07) is 7.12. The largest absolute Gasteiger partial charge is 0.494 e. The Morgan fingerprint density at radius 1 is 1.24 bits per heavy atom. The molecule has 0 fully saturated rings. The first-order chi connectivity index (χ1) is 8.25. The van der Waals surface area contributed by atoms with Gasteiger partial charge in [0.15, 0.2) is 0 Å². The van der Waals surface area contributed by atoms with E-state index in [1.807, 2.05) is 0 Å². The van der Waals surface area contributed by atoms with Crippen molar-refractivity contribution < 1.29 is 4.74 Å². The summed E-state index contributed by atoms with van der Waals surface area (Å²) in [4.78, 5) is 0. The van der Waals surface area contributed by atoms with Crippen LogP contribution >= 0.6 is 0 Å². The van der Waals surface area contributed by atoms with Crippen molar-refractivity contribution >= 4 is 0 Å². The predicted molar refractivity (Wildman–Crippen MR) is 71.7 cm³/mol. The molecule has 0 radical (unpaired) electrons. The second kappa shape index (κ2) is 6.06.